The van der Waals surface area contributed by atoms with Crippen LogP contribution in [0.25, 0.3) is 0 Å². The zero-order valence-electron chi connectivity index (χ0n) is 11.7. The molecule has 1 aromatic heterocycles. The summed E-state index contributed by atoms with van der Waals surface area (Å²) in [4.78, 5) is 27.6. The van der Waals surface area contributed by atoms with E-state index in [2.05, 4.69) is 10.3 Å². The van der Waals surface area contributed by atoms with E-state index in [0.29, 0.717) is 23.7 Å². The maximum atomic E-state index is 11.8. The van der Waals surface area contributed by atoms with Crippen molar-refractivity contribution in [2.24, 2.45) is 0 Å². The second-order valence-electron chi connectivity index (χ2n) is 4.69. The highest BCUT2D eigenvalue weighted by atomic mass is 35.5. The van der Waals surface area contributed by atoms with Gasteiger partial charge in [0.25, 0.3) is 5.56 Å². The van der Waals surface area contributed by atoms with Crippen molar-refractivity contribution in [1.82, 2.24) is 14.9 Å². The highest BCUT2D eigenvalue weighted by Crippen LogP contribution is 2.15. The highest BCUT2D eigenvalue weighted by Gasteiger charge is 2.06. The van der Waals surface area contributed by atoms with Crippen LogP contribution in [0.4, 0.5) is 0 Å². The average Bonchev–Trinajstić information content (AvgIpc) is 2.46. The number of benzene rings is 1. The van der Waals surface area contributed by atoms with Crippen molar-refractivity contribution in [1.29, 1.82) is 0 Å². The summed E-state index contributed by atoms with van der Waals surface area (Å²) in [5.74, 6) is -0.128. The molecule has 0 saturated heterocycles. The monoisotopic (exact) mass is 305 g/mol. The van der Waals surface area contributed by atoms with Gasteiger partial charge < -0.3 is 5.32 Å². The number of halogens is 1. The Hall–Kier alpha value is -2.14. The number of nitrogens with one attached hydrogen (secondary N) is 1. The van der Waals surface area contributed by atoms with Gasteiger partial charge in [-0.3, -0.25) is 14.2 Å². The van der Waals surface area contributed by atoms with E-state index in [1.807, 2.05) is 18.2 Å². The van der Waals surface area contributed by atoms with E-state index >= 15 is 0 Å². The van der Waals surface area contributed by atoms with E-state index in [1.165, 1.54) is 17.1 Å². The van der Waals surface area contributed by atoms with Crippen molar-refractivity contribution in [3.8, 4) is 0 Å². The Balaban J connectivity index is 1.86. The van der Waals surface area contributed by atoms with E-state index in [-0.39, 0.29) is 17.9 Å². The summed E-state index contributed by atoms with van der Waals surface area (Å²) in [6.45, 7) is 2.47. The minimum absolute atomic E-state index is 0.0923. The molecule has 1 heterocycles. The lowest BCUT2D eigenvalue weighted by Gasteiger charge is -2.08. The molecule has 2 aromatic rings. The molecule has 0 aliphatic rings. The maximum Gasteiger partial charge on any atom is 0.256 e. The quantitative estimate of drug-likeness (QED) is 0.912. The number of aryl methyl sites for hydroxylation is 1. The van der Waals surface area contributed by atoms with Gasteiger partial charge in [-0.1, -0.05) is 29.8 Å². The molecule has 1 aromatic carbocycles. The molecule has 0 spiro atoms. The van der Waals surface area contributed by atoms with Crippen LogP contribution in [0.2, 0.25) is 5.02 Å². The molecule has 1 N–H and O–H groups in total. The molecule has 0 aliphatic carbocycles. The number of hydrogen-bond donors (Lipinski definition) is 1. The SMILES string of the molecule is Cc1cncn(CCNC(=O)Cc2ccccc2Cl)c1=O. The summed E-state index contributed by atoms with van der Waals surface area (Å²) < 4.78 is 1.48. The highest BCUT2D eigenvalue weighted by molar-refractivity contribution is 6.31. The molecule has 0 bridgehead atoms. The Labute approximate surface area is 127 Å². The van der Waals surface area contributed by atoms with E-state index in [9.17, 15) is 9.59 Å². The minimum atomic E-state index is -0.128. The maximum absolute atomic E-state index is 11.8. The van der Waals surface area contributed by atoms with Crippen LogP contribution in [-0.4, -0.2) is 22.0 Å². The molecule has 0 fully saturated rings. The average molecular weight is 306 g/mol. The summed E-state index contributed by atoms with van der Waals surface area (Å²) in [5, 5.41) is 3.34. The predicted molar refractivity (Wildman–Crippen MR) is 81.4 cm³/mol. The molecular weight excluding hydrogens is 290 g/mol. The van der Waals surface area contributed by atoms with Crippen molar-refractivity contribution in [3.63, 3.8) is 0 Å². The van der Waals surface area contributed by atoms with Crippen LogP contribution < -0.4 is 10.9 Å². The number of hydrogen-bond acceptors (Lipinski definition) is 3. The van der Waals surface area contributed by atoms with Gasteiger partial charge in [0.2, 0.25) is 5.91 Å². The van der Waals surface area contributed by atoms with Crippen molar-refractivity contribution >= 4 is 17.5 Å². The Morgan fingerprint density at radius 3 is 2.90 bits per heavy atom. The zero-order valence-corrected chi connectivity index (χ0v) is 12.4. The van der Waals surface area contributed by atoms with Crippen LogP contribution in [-0.2, 0) is 17.8 Å². The molecule has 110 valence electrons. The van der Waals surface area contributed by atoms with Gasteiger partial charge in [-0.25, -0.2) is 4.98 Å². The molecule has 6 heteroatoms. The molecule has 0 saturated carbocycles. The van der Waals surface area contributed by atoms with E-state index in [0.717, 1.165) is 5.56 Å². The number of nitrogens with zero attached hydrogens (tertiary/aromatic N) is 2. The number of aromatic nitrogens is 2. The molecule has 5 nitrogen and oxygen atoms in total. The van der Waals surface area contributed by atoms with Gasteiger partial charge in [0.05, 0.1) is 12.7 Å². The van der Waals surface area contributed by atoms with Gasteiger partial charge in [0.1, 0.15) is 0 Å². The summed E-state index contributed by atoms with van der Waals surface area (Å²) in [6, 6.07) is 7.23. The molecule has 0 aliphatic heterocycles. The van der Waals surface area contributed by atoms with Gasteiger partial charge in [0.15, 0.2) is 0 Å². The summed E-state index contributed by atoms with van der Waals surface area (Å²) >= 11 is 6.00. The van der Waals surface area contributed by atoms with E-state index in [1.54, 1.807) is 13.0 Å². The van der Waals surface area contributed by atoms with Crippen molar-refractivity contribution < 1.29 is 4.79 Å². The Bertz CT molecular complexity index is 697. The van der Waals surface area contributed by atoms with Crippen LogP contribution in [0.5, 0.6) is 0 Å². The summed E-state index contributed by atoms with van der Waals surface area (Å²) in [7, 11) is 0. The van der Waals surface area contributed by atoms with Gasteiger partial charge in [0, 0.05) is 29.9 Å². The topological polar surface area (TPSA) is 64.0 Å². The number of amides is 1. The lowest BCUT2D eigenvalue weighted by molar-refractivity contribution is -0.120. The first-order chi connectivity index (χ1) is 10.1. The summed E-state index contributed by atoms with van der Waals surface area (Å²) in [6.07, 6.45) is 3.21. The fourth-order valence-corrected chi connectivity index (χ4v) is 2.11. The fourth-order valence-electron chi connectivity index (χ4n) is 1.91. The lowest BCUT2D eigenvalue weighted by atomic mass is 10.1. The fraction of sp³-hybridized carbons (Fsp3) is 0.267. The predicted octanol–water partition coefficient (Wildman–Crippen LogP) is 1.56. The normalized spacial score (nSPS) is 10.4. The molecular formula is C15H16ClN3O2. The van der Waals surface area contributed by atoms with E-state index in [4.69, 9.17) is 11.6 Å². The first-order valence-corrected chi connectivity index (χ1v) is 6.97. The Morgan fingerprint density at radius 2 is 2.14 bits per heavy atom. The van der Waals surface area contributed by atoms with Crippen molar-refractivity contribution in [3.05, 3.63) is 63.3 Å². The lowest BCUT2D eigenvalue weighted by Crippen LogP contribution is -2.32. The largest absolute Gasteiger partial charge is 0.354 e. The first kappa shape index (κ1) is 15.3. The molecule has 0 atom stereocenters. The summed E-state index contributed by atoms with van der Waals surface area (Å²) in [5.41, 5.74) is 1.27. The van der Waals surface area contributed by atoms with Gasteiger partial charge >= 0.3 is 0 Å². The molecule has 1 amide bonds. The minimum Gasteiger partial charge on any atom is -0.354 e. The Kier molecular flexibility index (Phi) is 5.11. The second-order valence-corrected chi connectivity index (χ2v) is 5.10. The van der Waals surface area contributed by atoms with Gasteiger partial charge in [-0.15, -0.1) is 0 Å². The van der Waals surface area contributed by atoms with Gasteiger partial charge in [-0.2, -0.15) is 0 Å². The van der Waals surface area contributed by atoms with Gasteiger partial charge in [-0.05, 0) is 18.6 Å². The smallest absolute Gasteiger partial charge is 0.256 e. The van der Waals surface area contributed by atoms with Crippen LogP contribution in [0.1, 0.15) is 11.1 Å². The van der Waals surface area contributed by atoms with Crippen molar-refractivity contribution in [2.75, 3.05) is 6.54 Å². The van der Waals surface area contributed by atoms with Crippen LogP contribution in [0.15, 0.2) is 41.6 Å². The third kappa shape index (κ3) is 4.16. The number of carbonyl (C=O) groups is 1. The first-order valence-electron chi connectivity index (χ1n) is 6.59. The third-order valence-electron chi connectivity index (χ3n) is 3.06. The van der Waals surface area contributed by atoms with Crippen LogP contribution in [0, 0.1) is 6.92 Å². The van der Waals surface area contributed by atoms with E-state index < -0.39 is 0 Å². The number of rotatable bonds is 5. The molecule has 21 heavy (non-hydrogen) atoms. The standard InChI is InChI=1S/C15H16ClN3O2/c1-11-9-17-10-19(15(11)21)7-6-18-14(20)8-12-4-2-3-5-13(12)16/h2-5,9-10H,6-8H2,1H3,(H,18,20). The zero-order chi connectivity index (χ0) is 15.2. The van der Waals surface area contributed by atoms with Crippen LogP contribution in [0.3, 0.4) is 0 Å². The molecule has 0 unspecified atom stereocenters. The van der Waals surface area contributed by atoms with Crippen LogP contribution >= 0.6 is 11.6 Å². The number of carbonyl (C=O) groups excluding carboxylic acids is 1. The third-order valence-corrected chi connectivity index (χ3v) is 3.42. The second kappa shape index (κ2) is 7.04. The molecule has 2 rings (SSSR count). The molecule has 0 radical (unpaired) electrons. The van der Waals surface area contributed by atoms with Crippen molar-refractivity contribution in [2.45, 2.75) is 19.9 Å². The Morgan fingerprint density at radius 1 is 1.38 bits per heavy atom.